The third kappa shape index (κ3) is 4.53. The van der Waals surface area contributed by atoms with Gasteiger partial charge in [0.05, 0.1) is 16.9 Å². The van der Waals surface area contributed by atoms with Gasteiger partial charge in [-0.2, -0.15) is 0 Å². The van der Waals surface area contributed by atoms with Gasteiger partial charge in [0.15, 0.2) is 5.03 Å². The van der Waals surface area contributed by atoms with Crippen molar-refractivity contribution in [3.63, 3.8) is 0 Å². The fraction of sp³-hybridized carbons (Fsp3) is 0. The highest BCUT2D eigenvalue weighted by molar-refractivity contribution is 8.00. The number of rotatable bonds is 7. The highest BCUT2D eigenvalue weighted by atomic mass is 32.2. The van der Waals surface area contributed by atoms with Crippen LogP contribution in [0.25, 0.3) is 0 Å². The van der Waals surface area contributed by atoms with Crippen molar-refractivity contribution < 1.29 is 9.96 Å². The molecule has 0 saturated heterocycles. The molecule has 9 heteroatoms. The molecule has 3 aromatic carbocycles. The molecule has 1 N–H and O–H groups in total. The smallest absolute Gasteiger partial charge is 0.295 e. The summed E-state index contributed by atoms with van der Waals surface area (Å²) in [7, 11) is 0. The van der Waals surface area contributed by atoms with E-state index in [-0.39, 0.29) is 17.1 Å². The zero-order valence-corrected chi connectivity index (χ0v) is 14.7. The summed E-state index contributed by atoms with van der Waals surface area (Å²) in [5.41, 5.74) is 0.775. The Morgan fingerprint density at radius 1 is 0.852 bits per heavy atom. The maximum atomic E-state index is 11.5. The van der Waals surface area contributed by atoms with Gasteiger partial charge in [-0.15, -0.1) is 0 Å². The Hall–Kier alpha value is -3.59. The van der Waals surface area contributed by atoms with Crippen LogP contribution in [0.15, 0.2) is 83.8 Å². The molecule has 0 aliphatic rings. The second kappa shape index (κ2) is 8.19. The third-order valence-corrected chi connectivity index (χ3v) is 4.54. The number of hydrogen-bond acceptors (Lipinski definition) is 6. The monoisotopic (exact) mass is 382 g/mol. The number of hydrogen-bond donors (Lipinski definition) is 1. The molecule has 27 heavy (non-hydrogen) atoms. The zero-order chi connectivity index (χ0) is 19.2. The van der Waals surface area contributed by atoms with Gasteiger partial charge in [0, 0.05) is 16.6 Å². The van der Waals surface area contributed by atoms with Crippen LogP contribution in [0.3, 0.4) is 0 Å². The summed E-state index contributed by atoms with van der Waals surface area (Å²) in [6, 6.07) is 21.9. The lowest BCUT2D eigenvalue weighted by atomic mass is 10.2. The summed E-state index contributed by atoms with van der Waals surface area (Å²) in [4.78, 5) is 23.0. The van der Waals surface area contributed by atoms with E-state index in [2.05, 4.69) is 5.32 Å². The first-order valence-electron chi connectivity index (χ1n) is 7.82. The van der Waals surface area contributed by atoms with E-state index < -0.39 is 9.96 Å². The minimum Gasteiger partial charge on any atom is -0.350 e. The van der Waals surface area contributed by atoms with Crippen molar-refractivity contribution in [2.24, 2.45) is 0 Å². The Morgan fingerprint density at radius 2 is 1.48 bits per heavy atom. The molecule has 0 atom stereocenters. The maximum absolute atomic E-state index is 11.5. The summed E-state index contributed by atoms with van der Waals surface area (Å²) in [6.45, 7) is 0. The highest BCUT2D eigenvalue weighted by Gasteiger charge is 2.24. The van der Waals surface area contributed by atoms with Gasteiger partial charge >= 0.3 is 0 Å². The second-order valence-electron chi connectivity index (χ2n) is 5.36. The summed E-state index contributed by atoms with van der Waals surface area (Å²) in [6.07, 6.45) is 0. The Kier molecular flexibility index (Phi) is 5.53. The van der Waals surface area contributed by atoms with Crippen molar-refractivity contribution in [3.05, 3.63) is 99.1 Å². The molecule has 8 nitrogen and oxygen atoms in total. The second-order valence-corrected chi connectivity index (χ2v) is 6.36. The van der Waals surface area contributed by atoms with Crippen molar-refractivity contribution in [2.45, 2.75) is 4.90 Å². The molecule has 0 saturated carbocycles. The minimum absolute atomic E-state index is 0.0964. The Bertz CT molecular complexity index is 954. The molecule has 0 spiro atoms. The summed E-state index contributed by atoms with van der Waals surface area (Å²) >= 11 is 0.871. The topological polar surface area (TPSA) is 102 Å². The van der Waals surface area contributed by atoms with Crippen molar-refractivity contribution in [1.29, 1.82) is 0 Å². The van der Waals surface area contributed by atoms with Crippen molar-refractivity contribution in [3.8, 4) is 0 Å². The van der Waals surface area contributed by atoms with E-state index in [1.165, 1.54) is 18.2 Å². The predicted molar refractivity (Wildman–Crippen MR) is 105 cm³/mol. The summed E-state index contributed by atoms with van der Waals surface area (Å²) < 4.78 is 0.800. The molecule has 3 rings (SSSR count). The van der Waals surface area contributed by atoms with Crippen LogP contribution >= 0.6 is 11.9 Å². The van der Waals surface area contributed by atoms with Gasteiger partial charge in [-0.25, -0.2) is 10.1 Å². The average molecular weight is 382 g/mol. The molecular formula is C18H14N4O4S. The normalized spacial score (nSPS) is 10.2. The molecule has 0 aliphatic carbocycles. The molecule has 0 amide bonds. The number of nitro benzene ring substituents is 1. The van der Waals surface area contributed by atoms with Gasteiger partial charge in [0.1, 0.15) is 11.4 Å². The minimum atomic E-state index is -0.610. The maximum Gasteiger partial charge on any atom is 0.295 e. The largest absolute Gasteiger partial charge is 0.350 e. The zero-order valence-electron chi connectivity index (χ0n) is 13.9. The fourth-order valence-electron chi connectivity index (χ4n) is 2.33. The van der Waals surface area contributed by atoms with E-state index in [0.29, 0.717) is 10.6 Å². The van der Waals surface area contributed by atoms with Gasteiger partial charge in [-0.1, -0.05) is 36.4 Å². The van der Waals surface area contributed by atoms with Crippen LogP contribution in [0.1, 0.15) is 0 Å². The number of anilines is 3. The van der Waals surface area contributed by atoms with E-state index in [1.54, 1.807) is 54.6 Å². The molecule has 0 bridgehead atoms. The Morgan fingerprint density at radius 3 is 2.07 bits per heavy atom. The molecule has 0 unspecified atom stereocenters. The fourth-order valence-corrected chi connectivity index (χ4v) is 3.10. The number of nitrogens with one attached hydrogen (secondary N) is 1. The molecule has 136 valence electrons. The molecule has 0 heterocycles. The number of nitrogens with zero attached hydrogens (tertiary/aromatic N) is 3. The standard InChI is InChI=1S/C18H14N4O4S/c23-21(24)18-13-15(11-12-17(18)19-14-7-3-1-4-8-14)20(22(25)26)27-16-9-5-2-6-10-16/h1-13,19H. The third-order valence-electron chi connectivity index (χ3n) is 3.54. The SMILES string of the molecule is O=[N+]([O-])c1cc(N(Sc2ccccc2)[N+](=O)[O-])ccc1Nc1ccccc1. The van der Waals surface area contributed by atoms with Gasteiger partial charge < -0.3 is 5.32 Å². The number of hydrazine groups is 1. The molecule has 0 fully saturated rings. The number of para-hydroxylation sites is 1. The van der Waals surface area contributed by atoms with E-state index in [0.717, 1.165) is 16.4 Å². The first-order valence-corrected chi connectivity index (χ1v) is 8.60. The van der Waals surface area contributed by atoms with Crippen molar-refractivity contribution in [1.82, 2.24) is 0 Å². The van der Waals surface area contributed by atoms with Crippen LogP contribution in [-0.4, -0.2) is 9.96 Å². The first kappa shape index (κ1) is 18.2. The lowest BCUT2D eigenvalue weighted by molar-refractivity contribution is -0.472. The summed E-state index contributed by atoms with van der Waals surface area (Å²) in [5, 5.41) is 25.3. The van der Waals surface area contributed by atoms with Gasteiger partial charge in [0.25, 0.3) is 5.69 Å². The molecule has 0 aliphatic heterocycles. The van der Waals surface area contributed by atoms with Crippen LogP contribution < -0.4 is 9.73 Å². The average Bonchev–Trinajstić information content (AvgIpc) is 2.68. The van der Waals surface area contributed by atoms with Gasteiger partial charge in [-0.3, -0.25) is 10.1 Å². The predicted octanol–water partition coefficient (Wildman–Crippen LogP) is 5.04. The van der Waals surface area contributed by atoms with Crippen molar-refractivity contribution >= 4 is 34.7 Å². The van der Waals surface area contributed by atoms with Crippen LogP contribution in [0.4, 0.5) is 22.7 Å². The van der Waals surface area contributed by atoms with Crippen LogP contribution in [0, 0.1) is 20.2 Å². The Balaban J connectivity index is 1.93. The molecule has 0 aromatic heterocycles. The molecular weight excluding hydrogens is 368 g/mol. The number of benzene rings is 3. The number of nitro groups is 2. The van der Waals surface area contributed by atoms with E-state index >= 15 is 0 Å². The van der Waals surface area contributed by atoms with E-state index in [4.69, 9.17) is 0 Å². The Labute approximate surface area is 158 Å². The quantitative estimate of drug-likeness (QED) is 0.347. The van der Waals surface area contributed by atoms with E-state index in [1.807, 2.05) is 6.07 Å². The lowest BCUT2D eigenvalue weighted by Crippen LogP contribution is -2.22. The van der Waals surface area contributed by atoms with Gasteiger partial charge in [-0.05, 0) is 40.8 Å². The van der Waals surface area contributed by atoms with Crippen LogP contribution in [-0.2, 0) is 0 Å². The molecule has 0 radical (unpaired) electrons. The molecule has 3 aromatic rings. The van der Waals surface area contributed by atoms with Crippen LogP contribution in [0.5, 0.6) is 0 Å². The lowest BCUT2D eigenvalue weighted by Gasteiger charge is -2.14. The van der Waals surface area contributed by atoms with Crippen LogP contribution in [0.2, 0.25) is 0 Å². The van der Waals surface area contributed by atoms with Crippen molar-refractivity contribution in [2.75, 3.05) is 9.73 Å². The highest BCUT2D eigenvalue weighted by Crippen LogP contribution is 2.35. The summed E-state index contributed by atoms with van der Waals surface area (Å²) in [5.74, 6) is 0. The first-order chi connectivity index (χ1) is 13.0. The van der Waals surface area contributed by atoms with E-state index in [9.17, 15) is 20.2 Å². The van der Waals surface area contributed by atoms with Gasteiger partial charge in [0.2, 0.25) is 0 Å².